The first kappa shape index (κ1) is 15.6. The van der Waals surface area contributed by atoms with Crippen LogP contribution in [0, 0.1) is 0 Å². The Balaban J connectivity index is 1.96. The van der Waals surface area contributed by atoms with Crippen molar-refractivity contribution >= 4 is 22.7 Å². The van der Waals surface area contributed by atoms with Crippen LogP contribution in [0.25, 0.3) is 10.8 Å². The van der Waals surface area contributed by atoms with Gasteiger partial charge in [-0.3, -0.25) is 0 Å². The summed E-state index contributed by atoms with van der Waals surface area (Å²) in [4.78, 5) is 23.9. The number of phenols is 1. The number of fused-ring (bicyclic) bond motifs is 1. The van der Waals surface area contributed by atoms with Crippen molar-refractivity contribution in [3.8, 4) is 11.5 Å². The highest BCUT2D eigenvalue weighted by molar-refractivity contribution is 6.01. The lowest BCUT2D eigenvalue weighted by Crippen LogP contribution is -2.08. The molecule has 5 heteroatoms. The molecule has 0 aliphatic rings. The lowest BCUT2D eigenvalue weighted by Gasteiger charge is -2.08. The van der Waals surface area contributed by atoms with Crippen LogP contribution in [0.2, 0.25) is 0 Å². The van der Waals surface area contributed by atoms with E-state index in [9.17, 15) is 14.7 Å². The second-order valence-corrected chi connectivity index (χ2v) is 5.13. The van der Waals surface area contributed by atoms with E-state index in [1.807, 2.05) is 6.07 Å². The highest BCUT2D eigenvalue weighted by Crippen LogP contribution is 2.27. The third-order valence-corrected chi connectivity index (χ3v) is 3.55. The molecule has 0 aliphatic carbocycles. The molecule has 0 saturated carbocycles. The van der Waals surface area contributed by atoms with Gasteiger partial charge in [0, 0.05) is 0 Å². The number of hydrogen-bond donors (Lipinski definition) is 1. The largest absolute Gasteiger partial charge is 0.507 e. The van der Waals surface area contributed by atoms with E-state index in [2.05, 4.69) is 4.74 Å². The molecule has 120 valence electrons. The van der Waals surface area contributed by atoms with E-state index in [0.29, 0.717) is 22.1 Å². The molecule has 0 saturated heterocycles. The molecule has 0 aliphatic heterocycles. The second-order valence-electron chi connectivity index (χ2n) is 5.13. The average molecular weight is 322 g/mol. The van der Waals surface area contributed by atoms with E-state index >= 15 is 0 Å². The van der Waals surface area contributed by atoms with Crippen LogP contribution in [-0.4, -0.2) is 24.2 Å². The van der Waals surface area contributed by atoms with Gasteiger partial charge in [-0.05, 0) is 47.2 Å². The monoisotopic (exact) mass is 322 g/mol. The van der Waals surface area contributed by atoms with Gasteiger partial charge in [0.2, 0.25) is 0 Å². The zero-order chi connectivity index (χ0) is 17.1. The third kappa shape index (κ3) is 3.05. The molecule has 0 atom stereocenters. The fourth-order valence-corrected chi connectivity index (χ4v) is 2.34. The maximum absolute atomic E-state index is 12.2. The number of aromatic hydroxyl groups is 1. The zero-order valence-corrected chi connectivity index (χ0v) is 12.9. The minimum Gasteiger partial charge on any atom is -0.507 e. The van der Waals surface area contributed by atoms with Gasteiger partial charge in [0.25, 0.3) is 0 Å². The fraction of sp³-hybridized carbons (Fsp3) is 0.0526. The molecule has 1 N–H and O–H groups in total. The Labute approximate surface area is 138 Å². The van der Waals surface area contributed by atoms with Crippen molar-refractivity contribution in [2.75, 3.05) is 7.11 Å². The topological polar surface area (TPSA) is 72.8 Å². The minimum absolute atomic E-state index is 0.0403. The number of methoxy groups -OCH3 is 1. The first-order chi connectivity index (χ1) is 11.6. The number of hydrogen-bond acceptors (Lipinski definition) is 5. The molecule has 0 amide bonds. The summed E-state index contributed by atoms with van der Waals surface area (Å²) >= 11 is 0. The van der Waals surface area contributed by atoms with Crippen molar-refractivity contribution in [3.05, 3.63) is 71.8 Å². The fourth-order valence-electron chi connectivity index (χ4n) is 2.34. The Hall–Kier alpha value is -3.34. The predicted octanol–water partition coefficient (Wildman–Crippen LogP) is 3.55. The summed E-state index contributed by atoms with van der Waals surface area (Å²) in [6.07, 6.45) is 0. The van der Waals surface area contributed by atoms with Crippen molar-refractivity contribution in [3.63, 3.8) is 0 Å². The summed E-state index contributed by atoms with van der Waals surface area (Å²) in [5.41, 5.74) is 0.381. The summed E-state index contributed by atoms with van der Waals surface area (Å²) < 4.78 is 9.92. The van der Waals surface area contributed by atoms with Gasteiger partial charge in [-0.1, -0.05) is 24.3 Å². The maximum atomic E-state index is 12.2. The smallest absolute Gasteiger partial charge is 0.343 e. The van der Waals surface area contributed by atoms with Crippen LogP contribution in [0.1, 0.15) is 20.7 Å². The van der Waals surface area contributed by atoms with Gasteiger partial charge in [0.15, 0.2) is 0 Å². The number of carbonyl (C=O) groups excluding carboxylic acids is 2. The number of rotatable bonds is 3. The van der Waals surface area contributed by atoms with E-state index < -0.39 is 11.9 Å². The molecule has 5 nitrogen and oxygen atoms in total. The molecule has 3 aromatic carbocycles. The Morgan fingerprint density at radius 1 is 0.875 bits per heavy atom. The normalized spacial score (nSPS) is 10.4. The molecule has 0 spiro atoms. The number of para-hydroxylation sites is 1. The zero-order valence-electron chi connectivity index (χ0n) is 12.9. The Morgan fingerprint density at radius 3 is 2.33 bits per heavy atom. The van der Waals surface area contributed by atoms with Crippen molar-refractivity contribution < 1.29 is 24.2 Å². The SMILES string of the molecule is COC(=O)c1cc2cc(C(=O)Oc3ccccc3)ccc2cc1O. The minimum atomic E-state index is -0.647. The first-order valence-electron chi connectivity index (χ1n) is 7.21. The number of ether oxygens (including phenoxy) is 2. The number of benzene rings is 3. The van der Waals surface area contributed by atoms with Crippen molar-refractivity contribution in [2.24, 2.45) is 0 Å². The number of phenolic OH excluding ortho intramolecular Hbond substituents is 1. The standard InChI is InChI=1S/C19H14O5/c1-23-19(22)16-10-14-9-13(8-7-12(14)11-17(16)20)18(21)24-15-5-3-2-4-6-15/h2-11,20H,1H3. The molecule has 0 radical (unpaired) electrons. The molecule has 0 unspecified atom stereocenters. The summed E-state index contributed by atoms with van der Waals surface area (Å²) in [5, 5.41) is 11.2. The summed E-state index contributed by atoms with van der Waals surface area (Å²) in [7, 11) is 1.24. The van der Waals surface area contributed by atoms with Crippen LogP contribution in [0.3, 0.4) is 0 Å². The van der Waals surface area contributed by atoms with Crippen LogP contribution in [0.4, 0.5) is 0 Å². The van der Waals surface area contributed by atoms with E-state index in [4.69, 9.17) is 4.74 Å². The van der Waals surface area contributed by atoms with E-state index in [1.54, 1.807) is 42.5 Å². The maximum Gasteiger partial charge on any atom is 0.343 e. The van der Waals surface area contributed by atoms with Crippen molar-refractivity contribution in [1.29, 1.82) is 0 Å². The molecule has 0 heterocycles. The Bertz CT molecular complexity index is 916. The molecule has 3 aromatic rings. The molecular formula is C19H14O5. The van der Waals surface area contributed by atoms with Crippen molar-refractivity contribution in [1.82, 2.24) is 0 Å². The first-order valence-corrected chi connectivity index (χ1v) is 7.21. The molecule has 3 rings (SSSR count). The molecular weight excluding hydrogens is 308 g/mol. The van der Waals surface area contributed by atoms with Gasteiger partial charge in [0.1, 0.15) is 17.1 Å². The third-order valence-electron chi connectivity index (χ3n) is 3.55. The lowest BCUT2D eigenvalue weighted by molar-refractivity contribution is 0.0597. The summed E-state index contributed by atoms with van der Waals surface area (Å²) in [6, 6.07) is 16.6. The second kappa shape index (κ2) is 6.42. The Kier molecular flexibility index (Phi) is 4.16. The number of carbonyl (C=O) groups is 2. The molecule has 0 bridgehead atoms. The van der Waals surface area contributed by atoms with Crippen LogP contribution >= 0.6 is 0 Å². The number of esters is 2. The van der Waals surface area contributed by atoms with Gasteiger partial charge in [-0.15, -0.1) is 0 Å². The molecule has 0 fully saturated rings. The highest BCUT2D eigenvalue weighted by Gasteiger charge is 2.15. The van der Waals surface area contributed by atoms with Crippen LogP contribution in [0.15, 0.2) is 60.7 Å². The average Bonchev–Trinajstić information content (AvgIpc) is 2.61. The summed E-state index contributed by atoms with van der Waals surface area (Å²) in [6.45, 7) is 0. The van der Waals surface area contributed by atoms with Gasteiger partial charge >= 0.3 is 11.9 Å². The van der Waals surface area contributed by atoms with Gasteiger partial charge in [0.05, 0.1) is 12.7 Å². The van der Waals surface area contributed by atoms with Crippen LogP contribution < -0.4 is 4.74 Å². The Morgan fingerprint density at radius 2 is 1.62 bits per heavy atom. The van der Waals surface area contributed by atoms with E-state index in [-0.39, 0.29) is 11.3 Å². The summed E-state index contributed by atoms with van der Waals surface area (Å²) in [5.74, 6) is -0.875. The lowest BCUT2D eigenvalue weighted by atomic mass is 10.0. The van der Waals surface area contributed by atoms with E-state index in [0.717, 1.165) is 0 Å². The molecule has 0 aromatic heterocycles. The van der Waals surface area contributed by atoms with Crippen molar-refractivity contribution in [2.45, 2.75) is 0 Å². The van der Waals surface area contributed by atoms with E-state index in [1.165, 1.54) is 19.2 Å². The van der Waals surface area contributed by atoms with Gasteiger partial charge in [-0.2, -0.15) is 0 Å². The predicted molar refractivity (Wildman–Crippen MR) is 88.4 cm³/mol. The van der Waals surface area contributed by atoms with Crippen LogP contribution in [-0.2, 0) is 4.74 Å². The van der Waals surface area contributed by atoms with Gasteiger partial charge < -0.3 is 14.6 Å². The highest BCUT2D eigenvalue weighted by atomic mass is 16.5. The van der Waals surface area contributed by atoms with Crippen LogP contribution in [0.5, 0.6) is 11.5 Å². The quantitative estimate of drug-likeness (QED) is 0.590. The molecule has 24 heavy (non-hydrogen) atoms. The van der Waals surface area contributed by atoms with Gasteiger partial charge in [-0.25, -0.2) is 9.59 Å².